The van der Waals surface area contributed by atoms with E-state index in [1.807, 2.05) is 0 Å². The van der Waals surface area contributed by atoms with Crippen molar-refractivity contribution in [2.75, 3.05) is 71.5 Å². The first-order valence-electron chi connectivity index (χ1n) is 14.1. The summed E-state index contributed by atoms with van der Waals surface area (Å²) in [6, 6.07) is 3.14. The van der Waals surface area contributed by atoms with E-state index in [1.54, 1.807) is 31.4 Å². The maximum Gasteiger partial charge on any atom is 0.319 e. The van der Waals surface area contributed by atoms with Crippen LogP contribution in [0.1, 0.15) is 0 Å². The molecule has 2 aliphatic rings. The van der Waals surface area contributed by atoms with Crippen LogP contribution in [0, 0.1) is 5.82 Å². The minimum Gasteiger partial charge on any atom is -0.456 e. The fraction of sp³-hybridized carbons (Fsp3) is 0.414. The van der Waals surface area contributed by atoms with Gasteiger partial charge in [-0.15, -0.1) is 0 Å². The Morgan fingerprint density at radius 1 is 1.18 bits per heavy atom. The van der Waals surface area contributed by atoms with Crippen molar-refractivity contribution in [3.8, 4) is 17.6 Å². The van der Waals surface area contributed by atoms with Gasteiger partial charge in [-0.2, -0.15) is 15.1 Å². The summed E-state index contributed by atoms with van der Waals surface area (Å²) in [7, 11) is 3.31. The number of fused-ring (bicyclic) bond motifs is 2. The standard InChI is InChI=1S/C29H32ClFN8O5/c1-4-23(40)38-7-9-39(10-8-38)27-17-5-6-32-28(44-26-18-14-33-36-20(18)13-19(31)24(26)30)25(17)34-29(35-27)43-22-16-37(11-12-41-2)15-21(22)42-3/h4-6,13-14,21-22H,1,7-12,15-16H2,2-3H3,(H,33,36)/t21-,22-/m1/s1. The van der Waals surface area contributed by atoms with Crippen molar-refractivity contribution in [1.82, 2.24) is 34.9 Å². The third-order valence-corrected chi connectivity index (χ3v) is 8.21. The van der Waals surface area contributed by atoms with Gasteiger partial charge in [0, 0.05) is 72.3 Å². The summed E-state index contributed by atoms with van der Waals surface area (Å²) in [4.78, 5) is 32.2. The number of nitrogens with zero attached hydrogens (tertiary/aromatic N) is 7. The number of carbonyl (C=O) groups is 1. The van der Waals surface area contributed by atoms with Gasteiger partial charge in [0.1, 0.15) is 34.4 Å². The smallest absolute Gasteiger partial charge is 0.319 e. The summed E-state index contributed by atoms with van der Waals surface area (Å²) in [5, 5.41) is 7.64. The number of likely N-dealkylation sites (tertiary alicyclic amines) is 1. The van der Waals surface area contributed by atoms with Gasteiger partial charge in [-0.1, -0.05) is 18.2 Å². The zero-order valence-corrected chi connectivity index (χ0v) is 25.1. The summed E-state index contributed by atoms with van der Waals surface area (Å²) in [5.41, 5.74) is 0.760. The summed E-state index contributed by atoms with van der Waals surface area (Å²) < 4.78 is 38.3. The fourth-order valence-electron chi connectivity index (χ4n) is 5.53. The summed E-state index contributed by atoms with van der Waals surface area (Å²) in [5.74, 6) is -0.0650. The number of rotatable bonds is 10. The maximum atomic E-state index is 14.7. The number of H-pyrrole nitrogens is 1. The third kappa shape index (κ3) is 5.85. The first-order valence-corrected chi connectivity index (χ1v) is 14.5. The van der Waals surface area contributed by atoms with Crippen molar-refractivity contribution in [2.24, 2.45) is 0 Å². The molecule has 0 saturated carbocycles. The number of anilines is 1. The highest BCUT2D eigenvalue weighted by Crippen LogP contribution is 2.40. The van der Waals surface area contributed by atoms with E-state index < -0.39 is 5.82 Å². The molecule has 2 fully saturated rings. The number of piperazine rings is 1. The van der Waals surface area contributed by atoms with E-state index in [1.165, 1.54) is 18.3 Å². The van der Waals surface area contributed by atoms with Crippen molar-refractivity contribution in [2.45, 2.75) is 12.2 Å². The number of benzene rings is 1. The van der Waals surface area contributed by atoms with E-state index in [4.69, 9.17) is 40.5 Å². The number of nitrogens with one attached hydrogen (secondary N) is 1. The van der Waals surface area contributed by atoms with Gasteiger partial charge in [0.15, 0.2) is 5.75 Å². The lowest BCUT2D eigenvalue weighted by atomic mass is 10.2. The van der Waals surface area contributed by atoms with Gasteiger partial charge in [-0.05, 0) is 12.1 Å². The van der Waals surface area contributed by atoms with Crippen LogP contribution in [0.25, 0.3) is 21.8 Å². The van der Waals surface area contributed by atoms with Gasteiger partial charge < -0.3 is 28.7 Å². The predicted octanol–water partition coefficient (Wildman–Crippen LogP) is 3.04. The Morgan fingerprint density at radius 3 is 2.73 bits per heavy atom. The predicted molar refractivity (Wildman–Crippen MR) is 161 cm³/mol. The first-order chi connectivity index (χ1) is 21.4. The molecule has 1 amide bonds. The number of halogens is 2. The summed E-state index contributed by atoms with van der Waals surface area (Å²) in [6.45, 7) is 8.18. The first kappa shape index (κ1) is 29.9. The average Bonchev–Trinajstić information content (AvgIpc) is 3.68. The van der Waals surface area contributed by atoms with Crippen molar-refractivity contribution in [3.05, 3.63) is 48.0 Å². The van der Waals surface area contributed by atoms with E-state index in [0.29, 0.717) is 73.5 Å². The Bertz CT molecular complexity index is 1680. The van der Waals surface area contributed by atoms with Gasteiger partial charge in [0.2, 0.25) is 11.8 Å². The molecule has 44 heavy (non-hydrogen) atoms. The topological polar surface area (TPSA) is 131 Å². The van der Waals surface area contributed by atoms with E-state index in [-0.39, 0.29) is 40.8 Å². The molecule has 0 bridgehead atoms. The molecule has 0 unspecified atom stereocenters. The van der Waals surface area contributed by atoms with E-state index in [9.17, 15) is 9.18 Å². The average molecular weight is 627 g/mol. The monoisotopic (exact) mass is 626 g/mol. The van der Waals surface area contributed by atoms with Crippen LogP contribution in [0.5, 0.6) is 17.6 Å². The summed E-state index contributed by atoms with van der Waals surface area (Å²) in [6.07, 6.45) is 3.81. The molecule has 5 heterocycles. The van der Waals surface area contributed by atoms with Gasteiger partial charge in [-0.3, -0.25) is 14.8 Å². The number of aromatic nitrogens is 5. The quantitative estimate of drug-likeness (QED) is 0.261. The molecule has 15 heteroatoms. The molecule has 232 valence electrons. The van der Waals surface area contributed by atoms with Crippen LogP contribution >= 0.6 is 11.6 Å². The van der Waals surface area contributed by atoms with Gasteiger partial charge in [0.25, 0.3) is 0 Å². The minimum atomic E-state index is -0.671. The lowest BCUT2D eigenvalue weighted by Crippen LogP contribution is -2.48. The molecule has 2 atom stereocenters. The molecular weight excluding hydrogens is 595 g/mol. The molecule has 2 saturated heterocycles. The highest BCUT2D eigenvalue weighted by atomic mass is 35.5. The molecule has 4 aromatic rings. The van der Waals surface area contributed by atoms with E-state index >= 15 is 0 Å². The van der Waals surface area contributed by atoms with Crippen molar-refractivity contribution in [1.29, 1.82) is 0 Å². The zero-order chi connectivity index (χ0) is 30.8. The van der Waals surface area contributed by atoms with Gasteiger partial charge >= 0.3 is 6.01 Å². The van der Waals surface area contributed by atoms with Crippen LogP contribution in [-0.4, -0.2) is 120 Å². The Kier molecular flexibility index (Phi) is 8.75. The second-order valence-electron chi connectivity index (χ2n) is 10.5. The Balaban J connectivity index is 1.40. The molecule has 2 aliphatic heterocycles. The van der Waals surface area contributed by atoms with E-state index in [2.05, 4.69) is 31.6 Å². The fourth-order valence-corrected chi connectivity index (χ4v) is 5.72. The number of carbonyl (C=O) groups excluding carboxylic acids is 1. The molecule has 13 nitrogen and oxygen atoms in total. The molecular formula is C29H32ClFN8O5. The largest absolute Gasteiger partial charge is 0.456 e. The number of ether oxygens (including phenoxy) is 4. The normalized spacial score (nSPS) is 19.2. The lowest BCUT2D eigenvalue weighted by Gasteiger charge is -2.35. The Morgan fingerprint density at radius 2 is 1.98 bits per heavy atom. The van der Waals surface area contributed by atoms with Crippen molar-refractivity contribution >= 4 is 45.1 Å². The van der Waals surface area contributed by atoms with Crippen molar-refractivity contribution in [3.63, 3.8) is 0 Å². The zero-order valence-electron chi connectivity index (χ0n) is 24.3. The van der Waals surface area contributed by atoms with Crippen molar-refractivity contribution < 1.29 is 28.1 Å². The number of hydrogen-bond acceptors (Lipinski definition) is 11. The summed E-state index contributed by atoms with van der Waals surface area (Å²) >= 11 is 6.36. The number of aromatic amines is 1. The molecule has 6 rings (SSSR count). The van der Waals surface area contributed by atoms with Gasteiger partial charge in [0.05, 0.1) is 29.1 Å². The van der Waals surface area contributed by atoms with Crippen LogP contribution in [0.2, 0.25) is 5.02 Å². The number of methoxy groups -OCH3 is 2. The molecule has 0 spiro atoms. The second-order valence-corrected chi connectivity index (χ2v) is 10.9. The van der Waals surface area contributed by atoms with Crippen LogP contribution in [0.3, 0.4) is 0 Å². The van der Waals surface area contributed by atoms with Crippen LogP contribution in [-0.2, 0) is 14.3 Å². The van der Waals surface area contributed by atoms with E-state index in [0.717, 1.165) is 6.54 Å². The molecule has 1 aromatic carbocycles. The number of pyridine rings is 1. The highest BCUT2D eigenvalue weighted by Gasteiger charge is 2.35. The number of amides is 1. The molecule has 0 aliphatic carbocycles. The molecule has 3 aromatic heterocycles. The SMILES string of the molecule is C=CC(=O)N1CCN(c2nc(O[C@@H]3CN(CCOC)C[C@H]3OC)nc3c(Oc4c(Cl)c(F)cc5[nH]ncc45)nccc23)CC1. The number of hydrogen-bond donors (Lipinski definition) is 1. The lowest BCUT2D eigenvalue weighted by molar-refractivity contribution is -0.126. The Labute approximate surface area is 257 Å². The second kappa shape index (κ2) is 12.9. The Hall–Kier alpha value is -4.11. The maximum absolute atomic E-state index is 14.7. The minimum absolute atomic E-state index is 0.0543. The van der Waals surface area contributed by atoms with Gasteiger partial charge in [-0.25, -0.2) is 9.37 Å². The molecule has 1 N–H and O–H groups in total. The highest BCUT2D eigenvalue weighted by molar-refractivity contribution is 6.33. The van der Waals surface area contributed by atoms with Crippen LogP contribution in [0.4, 0.5) is 10.2 Å². The van der Waals surface area contributed by atoms with Crippen LogP contribution in [0.15, 0.2) is 37.2 Å². The van der Waals surface area contributed by atoms with Crippen LogP contribution < -0.4 is 14.4 Å². The molecule has 0 radical (unpaired) electrons. The third-order valence-electron chi connectivity index (χ3n) is 7.86.